The van der Waals surface area contributed by atoms with E-state index >= 15 is 0 Å². The zero-order chi connectivity index (χ0) is 22.8. The summed E-state index contributed by atoms with van der Waals surface area (Å²) in [5.41, 5.74) is 0.234. The van der Waals surface area contributed by atoms with Gasteiger partial charge in [-0.05, 0) is 112 Å². The average Bonchev–Trinajstić information content (AvgIpc) is 3.01. The Kier molecular flexibility index (Phi) is 6.87. The van der Waals surface area contributed by atoms with E-state index in [1.165, 1.54) is 38.5 Å². The van der Waals surface area contributed by atoms with Crippen LogP contribution in [-0.4, -0.2) is 31.1 Å². The van der Waals surface area contributed by atoms with Crippen LogP contribution in [0.2, 0.25) is 0 Å². The van der Waals surface area contributed by atoms with Crippen molar-refractivity contribution in [2.45, 2.75) is 126 Å². The van der Waals surface area contributed by atoms with Crippen molar-refractivity contribution in [1.82, 2.24) is 0 Å². The minimum absolute atomic E-state index is 0.0367. The van der Waals surface area contributed by atoms with E-state index in [1.54, 1.807) is 0 Å². The second-order valence-corrected chi connectivity index (χ2v) is 15.7. The van der Waals surface area contributed by atoms with Crippen molar-refractivity contribution in [3.63, 3.8) is 0 Å². The average molecular weight is 562 g/mol. The molecule has 10 unspecified atom stereocenters. The molecule has 0 aromatic rings. The van der Waals surface area contributed by atoms with Crippen LogP contribution in [0.4, 0.5) is 0 Å². The van der Waals surface area contributed by atoms with Crippen LogP contribution in [0.15, 0.2) is 0 Å². The highest BCUT2D eigenvalue weighted by atomic mass is 79.9. The highest BCUT2D eigenvalue weighted by molar-refractivity contribution is 9.12. The molecule has 0 saturated heterocycles. The molecule has 4 rings (SSSR count). The Morgan fingerprint density at radius 2 is 1.77 bits per heavy atom. The van der Waals surface area contributed by atoms with E-state index in [0.717, 1.165) is 61.7 Å². The lowest BCUT2D eigenvalue weighted by molar-refractivity contribution is -0.111. The summed E-state index contributed by atoms with van der Waals surface area (Å²) in [5.74, 6) is 4.06. The predicted molar refractivity (Wildman–Crippen MR) is 137 cm³/mol. The van der Waals surface area contributed by atoms with Gasteiger partial charge in [-0.15, -0.1) is 0 Å². The Morgan fingerprint density at radius 1 is 1.06 bits per heavy atom. The Labute approximate surface area is 208 Å². The van der Waals surface area contributed by atoms with E-state index in [-0.39, 0.29) is 15.8 Å². The Balaban J connectivity index is 1.51. The highest BCUT2D eigenvalue weighted by Crippen LogP contribution is 2.71. The molecule has 0 bridgehead atoms. The summed E-state index contributed by atoms with van der Waals surface area (Å²) >= 11 is 8.38. The van der Waals surface area contributed by atoms with Crippen LogP contribution in [0.5, 0.6) is 0 Å². The first-order chi connectivity index (χ1) is 14.3. The zero-order valence-electron chi connectivity index (χ0n) is 20.5. The van der Waals surface area contributed by atoms with Crippen molar-refractivity contribution >= 4 is 31.9 Å². The maximum Gasteiger partial charge on any atom is 0.0591 e. The first-order valence-corrected chi connectivity index (χ1v) is 14.8. The standard InChI is InChI=1S/C27H46Br2O2/c1-17(7-6-12-24(2,3)31)20-8-9-21-19-15-23(28)27(29)16-18(30)10-14-26(27,5)22(19)11-13-25(20,21)4/h17-23,30-31H,6-16H2,1-5H3. The molecule has 4 fully saturated rings. The molecule has 0 aromatic heterocycles. The third-order valence-electron chi connectivity index (χ3n) is 10.9. The van der Waals surface area contributed by atoms with E-state index in [2.05, 4.69) is 52.6 Å². The molecular formula is C27H46Br2O2. The van der Waals surface area contributed by atoms with E-state index < -0.39 is 5.60 Å². The quantitative estimate of drug-likeness (QED) is 0.342. The van der Waals surface area contributed by atoms with Gasteiger partial charge in [-0.1, -0.05) is 65.5 Å². The van der Waals surface area contributed by atoms with Crippen molar-refractivity contribution in [2.24, 2.45) is 40.4 Å². The molecule has 10 atom stereocenters. The van der Waals surface area contributed by atoms with Gasteiger partial charge >= 0.3 is 0 Å². The fourth-order valence-electron chi connectivity index (χ4n) is 9.20. The van der Waals surface area contributed by atoms with Crippen LogP contribution in [0, 0.1) is 40.4 Å². The number of aliphatic hydroxyl groups is 2. The molecule has 0 aliphatic heterocycles. The molecule has 4 aliphatic rings. The minimum atomic E-state index is -0.530. The number of aliphatic hydroxyl groups excluding tert-OH is 1. The van der Waals surface area contributed by atoms with Crippen LogP contribution in [0.3, 0.4) is 0 Å². The fourth-order valence-corrected chi connectivity index (χ4v) is 11.4. The van der Waals surface area contributed by atoms with Crippen LogP contribution < -0.4 is 0 Å². The van der Waals surface area contributed by atoms with Crippen molar-refractivity contribution in [2.75, 3.05) is 0 Å². The molecule has 4 heteroatoms. The van der Waals surface area contributed by atoms with E-state index in [9.17, 15) is 10.2 Å². The summed E-state index contributed by atoms with van der Waals surface area (Å²) in [6.45, 7) is 11.6. The molecule has 180 valence electrons. The van der Waals surface area contributed by atoms with Gasteiger partial charge in [0.25, 0.3) is 0 Å². The number of alkyl halides is 2. The summed E-state index contributed by atoms with van der Waals surface area (Å²) < 4.78 is 0.0367. The topological polar surface area (TPSA) is 40.5 Å². The van der Waals surface area contributed by atoms with Crippen LogP contribution in [0.1, 0.15) is 105 Å². The third-order valence-corrected chi connectivity index (χ3v) is 14.5. The molecule has 0 radical (unpaired) electrons. The number of fused-ring (bicyclic) bond motifs is 5. The third kappa shape index (κ3) is 4.14. The lowest BCUT2D eigenvalue weighted by Gasteiger charge is -2.65. The van der Waals surface area contributed by atoms with Crippen LogP contribution >= 0.6 is 31.9 Å². The van der Waals surface area contributed by atoms with Crippen molar-refractivity contribution in [3.05, 3.63) is 0 Å². The summed E-state index contributed by atoms with van der Waals surface area (Å²) in [6, 6.07) is 0. The second kappa shape index (κ2) is 8.52. The largest absolute Gasteiger partial charge is 0.393 e. The molecule has 2 nitrogen and oxygen atoms in total. The van der Waals surface area contributed by atoms with Gasteiger partial charge in [-0.25, -0.2) is 0 Å². The normalized spacial score (nSPS) is 51.0. The maximum absolute atomic E-state index is 10.5. The van der Waals surface area contributed by atoms with Gasteiger partial charge in [0.1, 0.15) is 0 Å². The SMILES string of the molecule is CC(CCCC(C)(C)O)C1CCC2C3CC(Br)C4(Br)CC(O)CCC4(C)C3CCC12C. The number of hydrogen-bond acceptors (Lipinski definition) is 2. The Hall–Kier alpha value is 0.880. The van der Waals surface area contributed by atoms with Gasteiger partial charge in [-0.3, -0.25) is 0 Å². The maximum atomic E-state index is 10.5. The molecule has 0 heterocycles. The van der Waals surface area contributed by atoms with E-state index in [0.29, 0.717) is 10.2 Å². The van der Waals surface area contributed by atoms with Crippen molar-refractivity contribution in [3.8, 4) is 0 Å². The summed E-state index contributed by atoms with van der Waals surface area (Å²) in [4.78, 5) is 0.451. The molecule has 0 spiro atoms. The second-order valence-electron chi connectivity index (χ2n) is 13.2. The van der Waals surface area contributed by atoms with Crippen LogP contribution in [0.25, 0.3) is 0 Å². The number of halogens is 2. The lowest BCUT2D eigenvalue weighted by atomic mass is 9.44. The number of hydrogen-bond donors (Lipinski definition) is 2. The number of rotatable bonds is 5. The van der Waals surface area contributed by atoms with Gasteiger partial charge in [0, 0.05) is 9.15 Å². The first-order valence-electron chi connectivity index (χ1n) is 13.1. The highest BCUT2D eigenvalue weighted by Gasteiger charge is 2.66. The van der Waals surface area contributed by atoms with Crippen molar-refractivity contribution < 1.29 is 10.2 Å². The van der Waals surface area contributed by atoms with Gasteiger partial charge in [0.2, 0.25) is 0 Å². The van der Waals surface area contributed by atoms with Crippen LogP contribution in [-0.2, 0) is 0 Å². The minimum Gasteiger partial charge on any atom is -0.393 e. The summed E-state index contributed by atoms with van der Waals surface area (Å²) in [7, 11) is 0. The molecular weight excluding hydrogens is 516 g/mol. The molecule has 4 saturated carbocycles. The van der Waals surface area contributed by atoms with Gasteiger partial charge in [0.15, 0.2) is 0 Å². The molecule has 2 N–H and O–H groups in total. The summed E-state index contributed by atoms with van der Waals surface area (Å²) in [6.07, 6.45) is 13.0. The van der Waals surface area contributed by atoms with E-state index in [4.69, 9.17) is 0 Å². The monoisotopic (exact) mass is 560 g/mol. The van der Waals surface area contributed by atoms with Gasteiger partial charge in [-0.2, -0.15) is 0 Å². The fraction of sp³-hybridized carbons (Fsp3) is 1.00. The Bertz CT molecular complexity index is 662. The molecule has 31 heavy (non-hydrogen) atoms. The van der Waals surface area contributed by atoms with Gasteiger partial charge in [0.05, 0.1) is 11.7 Å². The summed E-state index contributed by atoms with van der Waals surface area (Å²) in [5, 5.41) is 20.6. The predicted octanol–water partition coefficient (Wildman–Crippen LogP) is 7.47. The zero-order valence-corrected chi connectivity index (χ0v) is 23.6. The Morgan fingerprint density at radius 3 is 2.45 bits per heavy atom. The molecule has 0 amide bonds. The molecule has 4 aliphatic carbocycles. The van der Waals surface area contributed by atoms with E-state index in [1.807, 2.05) is 13.8 Å². The molecule has 0 aromatic carbocycles. The van der Waals surface area contributed by atoms with Gasteiger partial charge < -0.3 is 10.2 Å². The smallest absolute Gasteiger partial charge is 0.0591 e. The van der Waals surface area contributed by atoms with Crippen molar-refractivity contribution in [1.29, 1.82) is 0 Å². The first kappa shape index (κ1) is 25.0. The lowest BCUT2D eigenvalue weighted by Crippen LogP contribution is -2.64.